The number of hydrogen-bond donors (Lipinski definition) is 0. The first-order valence-corrected chi connectivity index (χ1v) is 6.08. The molecule has 0 heterocycles. The molecular formula is C12H17Cl2N. The maximum atomic E-state index is 5.85. The van der Waals surface area contributed by atoms with Gasteiger partial charge in [0, 0.05) is 16.9 Å². The van der Waals surface area contributed by atoms with Crippen LogP contribution >= 0.6 is 23.2 Å². The lowest BCUT2D eigenvalue weighted by Crippen LogP contribution is -2.23. The second kappa shape index (κ2) is 6.37. The molecule has 1 aromatic carbocycles. The third-order valence-corrected chi connectivity index (χ3v) is 3.18. The summed E-state index contributed by atoms with van der Waals surface area (Å²) in [5, 5.41) is 0.786. The largest absolute Gasteiger partial charge is 0.300 e. The first kappa shape index (κ1) is 12.8. The first-order chi connectivity index (χ1) is 7.15. The summed E-state index contributed by atoms with van der Waals surface area (Å²) in [5.41, 5.74) is 1.29. The van der Waals surface area contributed by atoms with Gasteiger partial charge in [0.1, 0.15) is 0 Å². The summed E-state index contributed by atoms with van der Waals surface area (Å²) in [4.78, 5) is 2.30. The quantitative estimate of drug-likeness (QED) is 0.711. The van der Waals surface area contributed by atoms with Gasteiger partial charge in [-0.15, -0.1) is 11.6 Å². The monoisotopic (exact) mass is 245 g/mol. The van der Waals surface area contributed by atoms with E-state index in [2.05, 4.69) is 31.0 Å². The third-order valence-electron chi connectivity index (χ3n) is 2.66. The highest BCUT2D eigenvalue weighted by molar-refractivity contribution is 6.30. The molecule has 0 bridgehead atoms. The Labute approximate surface area is 102 Å². The Bertz CT molecular complexity index is 284. The maximum Gasteiger partial charge on any atom is 0.0406 e. The maximum absolute atomic E-state index is 5.85. The highest BCUT2D eigenvalue weighted by atomic mass is 35.5. The molecular weight excluding hydrogens is 229 g/mol. The molecule has 0 spiro atoms. The molecule has 15 heavy (non-hydrogen) atoms. The zero-order valence-corrected chi connectivity index (χ0v) is 10.7. The van der Waals surface area contributed by atoms with Gasteiger partial charge < -0.3 is 0 Å². The summed E-state index contributed by atoms with van der Waals surface area (Å²) in [6.45, 7) is 3.21. The lowest BCUT2D eigenvalue weighted by atomic mass is 10.1. The minimum Gasteiger partial charge on any atom is -0.300 e. The Morgan fingerprint density at radius 3 is 2.40 bits per heavy atom. The molecule has 84 valence electrons. The predicted molar refractivity (Wildman–Crippen MR) is 67.8 cm³/mol. The summed E-state index contributed by atoms with van der Waals surface area (Å²) in [5.74, 6) is 0.720. The van der Waals surface area contributed by atoms with Gasteiger partial charge in [-0.2, -0.15) is 0 Å². The van der Waals surface area contributed by atoms with Crippen LogP contribution in [0.5, 0.6) is 0 Å². The second-order valence-electron chi connectivity index (χ2n) is 3.75. The molecule has 3 heteroatoms. The van der Waals surface area contributed by atoms with Crippen LogP contribution in [0.2, 0.25) is 5.02 Å². The van der Waals surface area contributed by atoms with E-state index in [0.29, 0.717) is 6.04 Å². The van der Waals surface area contributed by atoms with Gasteiger partial charge in [-0.05, 0) is 44.6 Å². The van der Waals surface area contributed by atoms with Gasteiger partial charge in [0.15, 0.2) is 0 Å². The highest BCUT2D eigenvalue weighted by Crippen LogP contribution is 2.20. The van der Waals surface area contributed by atoms with Crippen LogP contribution in [0, 0.1) is 0 Å². The molecule has 1 rings (SSSR count). The van der Waals surface area contributed by atoms with Crippen LogP contribution in [0.4, 0.5) is 0 Å². The number of nitrogens with zero attached hydrogens (tertiary/aromatic N) is 1. The van der Waals surface area contributed by atoms with Crippen LogP contribution in [0.15, 0.2) is 24.3 Å². The smallest absolute Gasteiger partial charge is 0.0406 e. The first-order valence-electron chi connectivity index (χ1n) is 5.17. The average Bonchev–Trinajstić information content (AvgIpc) is 2.26. The van der Waals surface area contributed by atoms with E-state index in [4.69, 9.17) is 23.2 Å². The van der Waals surface area contributed by atoms with Gasteiger partial charge in [-0.3, -0.25) is 4.90 Å². The Morgan fingerprint density at radius 2 is 1.87 bits per heavy atom. The topological polar surface area (TPSA) is 3.24 Å². The van der Waals surface area contributed by atoms with Crippen molar-refractivity contribution in [1.82, 2.24) is 4.90 Å². The molecule has 0 saturated carbocycles. The van der Waals surface area contributed by atoms with Crippen molar-refractivity contribution in [3.8, 4) is 0 Å². The van der Waals surface area contributed by atoms with Crippen LogP contribution in [0.1, 0.15) is 24.9 Å². The lowest BCUT2D eigenvalue weighted by Gasteiger charge is -2.24. The van der Waals surface area contributed by atoms with Crippen LogP contribution in [-0.4, -0.2) is 24.4 Å². The van der Waals surface area contributed by atoms with E-state index in [1.54, 1.807) is 0 Å². The summed E-state index contributed by atoms with van der Waals surface area (Å²) in [6, 6.07) is 8.42. The van der Waals surface area contributed by atoms with Gasteiger partial charge in [0.2, 0.25) is 0 Å². The van der Waals surface area contributed by atoms with Gasteiger partial charge in [-0.25, -0.2) is 0 Å². The highest BCUT2D eigenvalue weighted by Gasteiger charge is 2.10. The summed E-state index contributed by atoms with van der Waals surface area (Å²) in [6.07, 6.45) is 1.02. The normalized spacial score (nSPS) is 13.1. The molecule has 1 atom stereocenters. The Hall–Kier alpha value is -0.240. The van der Waals surface area contributed by atoms with Crippen molar-refractivity contribution in [2.24, 2.45) is 0 Å². The lowest BCUT2D eigenvalue weighted by molar-refractivity contribution is 0.263. The third kappa shape index (κ3) is 4.02. The van der Waals surface area contributed by atoms with Crippen molar-refractivity contribution in [1.29, 1.82) is 0 Å². The molecule has 1 aromatic rings. The fourth-order valence-electron chi connectivity index (χ4n) is 1.50. The molecule has 0 aliphatic carbocycles. The second-order valence-corrected chi connectivity index (χ2v) is 4.57. The summed E-state index contributed by atoms with van der Waals surface area (Å²) in [7, 11) is 2.12. The molecule has 1 nitrogen and oxygen atoms in total. The van der Waals surface area contributed by atoms with Crippen LogP contribution in [0.3, 0.4) is 0 Å². The molecule has 0 radical (unpaired) electrons. The zero-order valence-electron chi connectivity index (χ0n) is 9.21. The van der Waals surface area contributed by atoms with Crippen molar-refractivity contribution in [3.63, 3.8) is 0 Å². The minimum absolute atomic E-state index is 0.408. The van der Waals surface area contributed by atoms with Crippen LogP contribution < -0.4 is 0 Å². The van der Waals surface area contributed by atoms with Crippen molar-refractivity contribution in [2.45, 2.75) is 19.4 Å². The van der Waals surface area contributed by atoms with E-state index < -0.39 is 0 Å². The molecule has 0 amide bonds. The van der Waals surface area contributed by atoms with Gasteiger partial charge >= 0.3 is 0 Å². The zero-order chi connectivity index (χ0) is 11.3. The van der Waals surface area contributed by atoms with Crippen LogP contribution in [-0.2, 0) is 0 Å². The molecule has 0 aromatic heterocycles. The Morgan fingerprint density at radius 1 is 1.27 bits per heavy atom. The van der Waals surface area contributed by atoms with Crippen molar-refractivity contribution in [3.05, 3.63) is 34.9 Å². The van der Waals surface area contributed by atoms with E-state index in [-0.39, 0.29) is 0 Å². The van der Waals surface area contributed by atoms with E-state index in [1.807, 2.05) is 12.1 Å². The number of hydrogen-bond acceptors (Lipinski definition) is 1. The van der Waals surface area contributed by atoms with Gasteiger partial charge in [-0.1, -0.05) is 23.7 Å². The number of alkyl halides is 1. The van der Waals surface area contributed by atoms with E-state index in [1.165, 1.54) is 5.56 Å². The Balaban J connectivity index is 2.59. The minimum atomic E-state index is 0.408. The molecule has 0 N–H and O–H groups in total. The van der Waals surface area contributed by atoms with Gasteiger partial charge in [0.25, 0.3) is 0 Å². The number of rotatable bonds is 5. The fourth-order valence-corrected chi connectivity index (χ4v) is 1.74. The van der Waals surface area contributed by atoms with E-state index in [0.717, 1.165) is 23.9 Å². The van der Waals surface area contributed by atoms with E-state index >= 15 is 0 Å². The fraction of sp³-hybridized carbons (Fsp3) is 0.500. The average molecular weight is 246 g/mol. The number of halogens is 2. The van der Waals surface area contributed by atoms with Gasteiger partial charge in [0.05, 0.1) is 0 Å². The molecule has 0 saturated heterocycles. The van der Waals surface area contributed by atoms with Crippen molar-refractivity contribution < 1.29 is 0 Å². The molecule has 0 fully saturated rings. The summed E-state index contributed by atoms with van der Waals surface area (Å²) >= 11 is 11.5. The Kier molecular flexibility index (Phi) is 5.44. The summed E-state index contributed by atoms with van der Waals surface area (Å²) < 4.78 is 0. The standard InChI is InChI=1S/C12H17Cl2N/c1-10(15(2)9-3-8-13)11-4-6-12(14)7-5-11/h4-7,10H,3,8-9H2,1-2H3. The van der Waals surface area contributed by atoms with Crippen molar-refractivity contribution in [2.75, 3.05) is 19.5 Å². The molecule has 1 unspecified atom stereocenters. The van der Waals surface area contributed by atoms with Crippen LogP contribution in [0.25, 0.3) is 0 Å². The SMILES string of the molecule is CC(c1ccc(Cl)cc1)N(C)CCCCl. The predicted octanol–water partition coefficient (Wildman–Crippen LogP) is 3.96. The van der Waals surface area contributed by atoms with E-state index in [9.17, 15) is 0 Å². The number of benzene rings is 1. The molecule has 0 aliphatic heterocycles. The van der Waals surface area contributed by atoms with Crippen molar-refractivity contribution >= 4 is 23.2 Å². The molecule has 0 aliphatic rings.